The third kappa shape index (κ3) is 4.82. The van der Waals surface area contributed by atoms with E-state index in [0.717, 1.165) is 10.5 Å². The Morgan fingerprint density at radius 1 is 1.12 bits per heavy atom. The van der Waals surface area contributed by atoms with Crippen molar-refractivity contribution in [2.24, 2.45) is 0 Å². The van der Waals surface area contributed by atoms with E-state index >= 15 is 0 Å². The highest BCUT2D eigenvalue weighted by Gasteiger charge is 2.20. The van der Waals surface area contributed by atoms with Crippen LogP contribution in [0.2, 0.25) is 0 Å². The summed E-state index contributed by atoms with van der Waals surface area (Å²) in [7, 11) is 1.71. The first-order valence-electron chi connectivity index (χ1n) is 8.08. The number of thioether (sulfide) groups is 1. The van der Waals surface area contributed by atoms with Crippen LogP contribution in [0.5, 0.6) is 0 Å². The number of non-ortho nitro benzene ring substituents is 1. The molecule has 0 radical (unpaired) electrons. The topological polar surface area (TPSA) is 63.5 Å². The molecule has 1 amide bonds. The number of rotatable bonds is 6. The second kappa shape index (κ2) is 8.16. The number of nitro groups is 1. The standard InChI is InChI=1S/C19H22N2O3S/c1-13(2)25-18-10-8-15(9-11-18)19(22)20(4)14(3)16-6-5-7-17(12-16)21(23)24/h5-14H,1-4H3. The van der Waals surface area contributed by atoms with Crippen LogP contribution in [0, 0.1) is 10.1 Å². The van der Waals surface area contributed by atoms with Crippen LogP contribution in [0.15, 0.2) is 53.4 Å². The second-order valence-electron chi connectivity index (χ2n) is 6.14. The van der Waals surface area contributed by atoms with Crippen molar-refractivity contribution in [3.63, 3.8) is 0 Å². The zero-order valence-electron chi connectivity index (χ0n) is 14.8. The molecule has 0 aromatic heterocycles. The lowest BCUT2D eigenvalue weighted by Gasteiger charge is -2.25. The second-order valence-corrected chi connectivity index (χ2v) is 7.79. The number of nitro benzene ring substituents is 1. The Hall–Kier alpha value is -2.34. The molecular formula is C19H22N2O3S. The highest BCUT2D eigenvalue weighted by Crippen LogP contribution is 2.26. The van der Waals surface area contributed by atoms with Gasteiger partial charge in [0.1, 0.15) is 0 Å². The third-order valence-corrected chi connectivity index (χ3v) is 4.95. The van der Waals surface area contributed by atoms with Gasteiger partial charge in [-0.1, -0.05) is 26.0 Å². The molecule has 0 saturated heterocycles. The van der Waals surface area contributed by atoms with Crippen LogP contribution >= 0.6 is 11.8 Å². The number of nitrogens with zero attached hydrogens (tertiary/aromatic N) is 2. The van der Waals surface area contributed by atoms with Crippen LogP contribution in [0.25, 0.3) is 0 Å². The summed E-state index contributed by atoms with van der Waals surface area (Å²) < 4.78 is 0. The van der Waals surface area contributed by atoms with Gasteiger partial charge in [-0.2, -0.15) is 0 Å². The van der Waals surface area contributed by atoms with Gasteiger partial charge in [-0.05, 0) is 36.8 Å². The lowest BCUT2D eigenvalue weighted by Crippen LogP contribution is -2.29. The Kier molecular flexibility index (Phi) is 6.20. The van der Waals surface area contributed by atoms with Crippen molar-refractivity contribution in [3.05, 3.63) is 69.8 Å². The molecular weight excluding hydrogens is 336 g/mol. The molecule has 0 aliphatic carbocycles. The Morgan fingerprint density at radius 2 is 1.76 bits per heavy atom. The molecule has 0 aliphatic heterocycles. The van der Waals surface area contributed by atoms with Gasteiger partial charge in [0, 0.05) is 34.9 Å². The maximum Gasteiger partial charge on any atom is 0.269 e. The fourth-order valence-electron chi connectivity index (χ4n) is 2.45. The summed E-state index contributed by atoms with van der Waals surface area (Å²) >= 11 is 1.75. The number of hydrogen-bond acceptors (Lipinski definition) is 4. The summed E-state index contributed by atoms with van der Waals surface area (Å²) in [6, 6.07) is 13.7. The first-order valence-corrected chi connectivity index (χ1v) is 8.95. The van der Waals surface area contributed by atoms with E-state index in [4.69, 9.17) is 0 Å². The molecule has 25 heavy (non-hydrogen) atoms. The van der Waals surface area contributed by atoms with Crippen LogP contribution in [0.4, 0.5) is 5.69 Å². The normalized spacial score (nSPS) is 12.0. The minimum absolute atomic E-state index is 0.0280. The Balaban J connectivity index is 2.15. The van der Waals surface area contributed by atoms with Gasteiger partial charge in [0.2, 0.25) is 0 Å². The molecule has 0 heterocycles. The summed E-state index contributed by atoms with van der Waals surface area (Å²) in [6.45, 7) is 6.11. The molecule has 1 unspecified atom stereocenters. The molecule has 6 heteroatoms. The zero-order chi connectivity index (χ0) is 18.6. The van der Waals surface area contributed by atoms with Crippen molar-refractivity contribution in [2.75, 3.05) is 7.05 Å². The average molecular weight is 358 g/mol. The SMILES string of the molecule is CC(C)Sc1ccc(C(=O)N(C)C(C)c2cccc([N+](=O)[O-])c2)cc1. The van der Waals surface area contributed by atoms with E-state index in [0.29, 0.717) is 10.8 Å². The van der Waals surface area contributed by atoms with Crippen LogP contribution in [0.1, 0.15) is 42.7 Å². The van der Waals surface area contributed by atoms with E-state index in [-0.39, 0.29) is 17.6 Å². The predicted octanol–water partition coefficient (Wildman–Crippen LogP) is 4.93. The molecule has 0 spiro atoms. The molecule has 2 aromatic carbocycles. The maximum atomic E-state index is 12.7. The Bertz CT molecular complexity index is 760. The number of benzene rings is 2. The van der Waals surface area contributed by atoms with Crippen LogP contribution in [-0.2, 0) is 0 Å². The zero-order valence-corrected chi connectivity index (χ0v) is 15.6. The maximum absolute atomic E-state index is 12.7. The van der Waals surface area contributed by atoms with Crippen molar-refractivity contribution in [1.82, 2.24) is 4.90 Å². The summed E-state index contributed by atoms with van der Waals surface area (Å²) in [4.78, 5) is 25.9. The molecule has 132 valence electrons. The number of carbonyl (C=O) groups is 1. The molecule has 2 aromatic rings. The molecule has 0 bridgehead atoms. The number of amides is 1. The number of carbonyl (C=O) groups excluding carboxylic acids is 1. The molecule has 0 fully saturated rings. The molecule has 1 atom stereocenters. The largest absolute Gasteiger partial charge is 0.335 e. The summed E-state index contributed by atoms with van der Waals surface area (Å²) in [5.74, 6) is -0.111. The average Bonchev–Trinajstić information content (AvgIpc) is 2.60. The smallest absolute Gasteiger partial charge is 0.269 e. The summed E-state index contributed by atoms with van der Waals surface area (Å²) in [5.41, 5.74) is 1.37. The lowest BCUT2D eigenvalue weighted by atomic mass is 10.1. The van der Waals surface area contributed by atoms with Crippen molar-refractivity contribution in [3.8, 4) is 0 Å². The van der Waals surface area contributed by atoms with Gasteiger partial charge in [0.05, 0.1) is 11.0 Å². The van der Waals surface area contributed by atoms with Crippen molar-refractivity contribution in [2.45, 2.75) is 37.0 Å². The predicted molar refractivity (Wildman–Crippen MR) is 101 cm³/mol. The fourth-order valence-corrected chi connectivity index (χ4v) is 3.29. The number of hydrogen-bond donors (Lipinski definition) is 0. The molecule has 5 nitrogen and oxygen atoms in total. The Morgan fingerprint density at radius 3 is 2.32 bits per heavy atom. The Labute approximate surface area is 152 Å². The first kappa shape index (κ1) is 19.0. The van der Waals surface area contributed by atoms with E-state index in [9.17, 15) is 14.9 Å². The van der Waals surface area contributed by atoms with Gasteiger partial charge in [0.25, 0.3) is 11.6 Å². The molecule has 0 aliphatic rings. The van der Waals surface area contributed by atoms with E-state index < -0.39 is 4.92 Å². The first-order chi connectivity index (χ1) is 11.8. The highest BCUT2D eigenvalue weighted by atomic mass is 32.2. The molecule has 0 N–H and O–H groups in total. The van der Waals surface area contributed by atoms with E-state index in [1.54, 1.807) is 35.8 Å². The van der Waals surface area contributed by atoms with Gasteiger partial charge >= 0.3 is 0 Å². The van der Waals surface area contributed by atoms with E-state index in [1.807, 2.05) is 31.2 Å². The monoisotopic (exact) mass is 358 g/mol. The van der Waals surface area contributed by atoms with Gasteiger partial charge in [-0.3, -0.25) is 14.9 Å². The van der Waals surface area contributed by atoms with Crippen LogP contribution in [0.3, 0.4) is 0 Å². The van der Waals surface area contributed by atoms with Gasteiger partial charge in [-0.25, -0.2) is 0 Å². The molecule has 2 rings (SSSR count). The van der Waals surface area contributed by atoms with E-state index in [1.165, 1.54) is 12.1 Å². The van der Waals surface area contributed by atoms with Gasteiger partial charge < -0.3 is 4.90 Å². The van der Waals surface area contributed by atoms with Gasteiger partial charge in [0.15, 0.2) is 0 Å². The molecule has 0 saturated carbocycles. The minimum Gasteiger partial charge on any atom is -0.335 e. The van der Waals surface area contributed by atoms with Crippen LogP contribution in [-0.4, -0.2) is 28.0 Å². The highest BCUT2D eigenvalue weighted by molar-refractivity contribution is 7.99. The summed E-state index contributed by atoms with van der Waals surface area (Å²) in [5, 5.41) is 11.4. The van der Waals surface area contributed by atoms with Crippen molar-refractivity contribution in [1.29, 1.82) is 0 Å². The third-order valence-electron chi connectivity index (χ3n) is 3.94. The van der Waals surface area contributed by atoms with Crippen molar-refractivity contribution < 1.29 is 9.72 Å². The lowest BCUT2D eigenvalue weighted by molar-refractivity contribution is -0.384. The fraction of sp³-hybridized carbons (Fsp3) is 0.316. The van der Waals surface area contributed by atoms with Gasteiger partial charge in [-0.15, -0.1) is 11.8 Å². The quantitative estimate of drug-likeness (QED) is 0.417. The van der Waals surface area contributed by atoms with Crippen LogP contribution < -0.4 is 0 Å². The minimum atomic E-state index is -0.427. The van der Waals surface area contributed by atoms with Crippen molar-refractivity contribution >= 4 is 23.4 Å². The van der Waals surface area contributed by atoms with E-state index in [2.05, 4.69) is 13.8 Å². The summed E-state index contributed by atoms with van der Waals surface area (Å²) in [6.07, 6.45) is 0.